The predicted molar refractivity (Wildman–Crippen MR) is 102 cm³/mol. The summed E-state index contributed by atoms with van der Waals surface area (Å²) in [6.45, 7) is 3.77. The molecule has 0 aliphatic carbocycles. The molecule has 6 nitrogen and oxygen atoms in total. The maximum atomic E-state index is 12.8. The SMILES string of the molecule is CC(=O)Nc1ccc(N2CCCCC2)c(C(=O)NCc2cccnc2)c1. The summed E-state index contributed by atoms with van der Waals surface area (Å²) in [4.78, 5) is 30.5. The highest BCUT2D eigenvalue weighted by Gasteiger charge is 2.19. The first-order chi connectivity index (χ1) is 12.6. The van der Waals surface area contributed by atoms with Crippen LogP contribution in [-0.4, -0.2) is 29.9 Å². The summed E-state index contributed by atoms with van der Waals surface area (Å²) in [6.07, 6.45) is 6.92. The summed E-state index contributed by atoms with van der Waals surface area (Å²) in [6, 6.07) is 9.30. The lowest BCUT2D eigenvalue weighted by molar-refractivity contribution is -0.114. The van der Waals surface area contributed by atoms with Crippen LogP contribution in [0.15, 0.2) is 42.7 Å². The molecule has 1 aromatic carbocycles. The van der Waals surface area contributed by atoms with Gasteiger partial charge in [-0.1, -0.05) is 6.07 Å². The van der Waals surface area contributed by atoms with Gasteiger partial charge in [-0.3, -0.25) is 14.6 Å². The van der Waals surface area contributed by atoms with E-state index in [0.717, 1.165) is 37.2 Å². The van der Waals surface area contributed by atoms with E-state index < -0.39 is 0 Å². The number of nitrogens with zero attached hydrogens (tertiary/aromatic N) is 2. The molecule has 1 aliphatic heterocycles. The van der Waals surface area contributed by atoms with E-state index >= 15 is 0 Å². The van der Waals surface area contributed by atoms with E-state index in [1.807, 2.05) is 24.3 Å². The Balaban J connectivity index is 1.82. The Kier molecular flexibility index (Phi) is 5.84. The lowest BCUT2D eigenvalue weighted by Gasteiger charge is -2.30. The van der Waals surface area contributed by atoms with Crippen molar-refractivity contribution in [3.63, 3.8) is 0 Å². The van der Waals surface area contributed by atoms with E-state index in [9.17, 15) is 9.59 Å². The van der Waals surface area contributed by atoms with Crippen LogP contribution in [0, 0.1) is 0 Å². The van der Waals surface area contributed by atoms with Crippen molar-refractivity contribution in [2.45, 2.75) is 32.7 Å². The molecule has 2 amide bonds. The van der Waals surface area contributed by atoms with E-state index in [1.165, 1.54) is 13.3 Å². The number of piperidine rings is 1. The standard InChI is InChI=1S/C20H24N4O2/c1-15(25)23-17-7-8-19(24-10-3-2-4-11-24)18(12-17)20(26)22-14-16-6-5-9-21-13-16/h5-9,12-13H,2-4,10-11,14H2,1H3,(H,22,26)(H,23,25). The Bertz CT molecular complexity index is 771. The molecule has 0 atom stereocenters. The normalized spacial score (nSPS) is 14.0. The van der Waals surface area contributed by atoms with E-state index in [4.69, 9.17) is 0 Å². The van der Waals surface area contributed by atoms with Gasteiger partial charge in [0.05, 0.1) is 5.56 Å². The Morgan fingerprint density at radius 2 is 1.96 bits per heavy atom. The molecule has 0 radical (unpaired) electrons. The lowest BCUT2D eigenvalue weighted by Crippen LogP contribution is -2.32. The fraction of sp³-hybridized carbons (Fsp3) is 0.350. The number of nitrogens with one attached hydrogen (secondary N) is 2. The van der Waals surface area contributed by atoms with Crippen molar-refractivity contribution >= 4 is 23.2 Å². The highest BCUT2D eigenvalue weighted by Crippen LogP contribution is 2.27. The van der Waals surface area contributed by atoms with E-state index in [1.54, 1.807) is 18.5 Å². The molecule has 0 bridgehead atoms. The molecule has 1 aromatic heterocycles. The number of anilines is 2. The van der Waals surface area contributed by atoms with Crippen LogP contribution in [-0.2, 0) is 11.3 Å². The van der Waals surface area contributed by atoms with Crippen LogP contribution < -0.4 is 15.5 Å². The molecule has 2 aromatic rings. The largest absolute Gasteiger partial charge is 0.371 e. The molecule has 1 fully saturated rings. The number of benzene rings is 1. The number of carbonyl (C=O) groups excluding carboxylic acids is 2. The molecule has 136 valence electrons. The van der Waals surface area contributed by atoms with Crippen LogP contribution in [0.3, 0.4) is 0 Å². The topological polar surface area (TPSA) is 74.3 Å². The molecule has 3 rings (SSSR count). The number of hydrogen-bond donors (Lipinski definition) is 2. The summed E-state index contributed by atoms with van der Waals surface area (Å²) in [5.41, 5.74) is 3.08. The van der Waals surface area contributed by atoms with Gasteiger partial charge in [-0.05, 0) is 49.1 Å². The minimum Gasteiger partial charge on any atom is -0.371 e. The van der Waals surface area contributed by atoms with Gasteiger partial charge < -0.3 is 15.5 Å². The smallest absolute Gasteiger partial charge is 0.253 e. The quantitative estimate of drug-likeness (QED) is 0.868. The first-order valence-electron chi connectivity index (χ1n) is 8.97. The predicted octanol–water partition coefficient (Wildman–Crippen LogP) is 2.96. The van der Waals surface area contributed by atoms with Gasteiger partial charge in [0, 0.05) is 50.3 Å². The van der Waals surface area contributed by atoms with Gasteiger partial charge in [-0.2, -0.15) is 0 Å². The van der Waals surface area contributed by atoms with E-state index in [2.05, 4.69) is 20.5 Å². The summed E-state index contributed by atoms with van der Waals surface area (Å²) >= 11 is 0. The minimum absolute atomic E-state index is 0.151. The van der Waals surface area contributed by atoms with Gasteiger partial charge >= 0.3 is 0 Å². The number of aromatic nitrogens is 1. The third-order valence-corrected chi connectivity index (χ3v) is 4.43. The lowest BCUT2D eigenvalue weighted by atomic mass is 10.1. The van der Waals surface area contributed by atoms with Crippen molar-refractivity contribution in [2.75, 3.05) is 23.3 Å². The molecule has 1 saturated heterocycles. The summed E-state index contributed by atoms with van der Waals surface area (Å²) in [7, 11) is 0. The number of amides is 2. The number of hydrogen-bond acceptors (Lipinski definition) is 4. The molecule has 0 saturated carbocycles. The molecule has 0 spiro atoms. The van der Waals surface area contributed by atoms with Gasteiger partial charge in [0.2, 0.25) is 5.91 Å². The van der Waals surface area contributed by atoms with E-state index in [0.29, 0.717) is 17.8 Å². The summed E-state index contributed by atoms with van der Waals surface area (Å²) in [5.74, 6) is -0.306. The average Bonchev–Trinajstić information content (AvgIpc) is 2.67. The van der Waals surface area contributed by atoms with Crippen molar-refractivity contribution in [1.82, 2.24) is 10.3 Å². The van der Waals surface area contributed by atoms with Gasteiger partial charge in [0.15, 0.2) is 0 Å². The number of rotatable bonds is 5. The van der Waals surface area contributed by atoms with Crippen LogP contribution in [0.1, 0.15) is 42.1 Å². The fourth-order valence-electron chi connectivity index (χ4n) is 3.19. The molecule has 2 heterocycles. The summed E-state index contributed by atoms with van der Waals surface area (Å²) in [5, 5.41) is 5.71. The number of pyridine rings is 1. The molecule has 6 heteroatoms. The molecule has 0 unspecified atom stereocenters. The van der Waals surface area contributed by atoms with Gasteiger partial charge in [0.25, 0.3) is 5.91 Å². The van der Waals surface area contributed by atoms with Crippen molar-refractivity contribution in [2.24, 2.45) is 0 Å². The second-order valence-electron chi connectivity index (χ2n) is 6.50. The first kappa shape index (κ1) is 17.9. The van der Waals surface area contributed by atoms with Crippen molar-refractivity contribution in [1.29, 1.82) is 0 Å². The zero-order valence-corrected chi connectivity index (χ0v) is 15.0. The third-order valence-electron chi connectivity index (χ3n) is 4.43. The first-order valence-corrected chi connectivity index (χ1v) is 8.97. The van der Waals surface area contributed by atoms with Crippen molar-refractivity contribution in [3.05, 3.63) is 53.9 Å². The van der Waals surface area contributed by atoms with Gasteiger partial charge in [0.1, 0.15) is 0 Å². The Morgan fingerprint density at radius 1 is 1.15 bits per heavy atom. The maximum absolute atomic E-state index is 12.8. The molecule has 2 N–H and O–H groups in total. The van der Waals surface area contributed by atoms with Gasteiger partial charge in [-0.15, -0.1) is 0 Å². The van der Waals surface area contributed by atoms with Gasteiger partial charge in [-0.25, -0.2) is 0 Å². The fourth-order valence-corrected chi connectivity index (χ4v) is 3.19. The van der Waals surface area contributed by atoms with Crippen LogP contribution in [0.2, 0.25) is 0 Å². The van der Waals surface area contributed by atoms with Crippen molar-refractivity contribution < 1.29 is 9.59 Å². The average molecular weight is 352 g/mol. The third kappa shape index (κ3) is 4.59. The van der Waals surface area contributed by atoms with Crippen LogP contribution in [0.4, 0.5) is 11.4 Å². The minimum atomic E-state index is -0.155. The highest BCUT2D eigenvalue weighted by atomic mass is 16.2. The zero-order chi connectivity index (χ0) is 18.4. The molecule has 1 aliphatic rings. The van der Waals surface area contributed by atoms with Crippen LogP contribution >= 0.6 is 0 Å². The molecule has 26 heavy (non-hydrogen) atoms. The zero-order valence-electron chi connectivity index (χ0n) is 15.0. The number of carbonyl (C=O) groups is 2. The van der Waals surface area contributed by atoms with E-state index in [-0.39, 0.29) is 11.8 Å². The van der Waals surface area contributed by atoms with Crippen molar-refractivity contribution in [3.8, 4) is 0 Å². The van der Waals surface area contributed by atoms with Crippen LogP contribution in [0.5, 0.6) is 0 Å². The second kappa shape index (κ2) is 8.47. The Morgan fingerprint density at radius 3 is 2.65 bits per heavy atom. The Labute approximate surface area is 153 Å². The second-order valence-corrected chi connectivity index (χ2v) is 6.50. The maximum Gasteiger partial charge on any atom is 0.253 e. The molecular weight excluding hydrogens is 328 g/mol. The Hall–Kier alpha value is -2.89. The monoisotopic (exact) mass is 352 g/mol. The summed E-state index contributed by atoms with van der Waals surface area (Å²) < 4.78 is 0. The highest BCUT2D eigenvalue weighted by molar-refractivity contribution is 6.02. The molecular formula is C20H24N4O2. The van der Waals surface area contributed by atoms with Crippen LogP contribution in [0.25, 0.3) is 0 Å².